The average molecular weight is 457 g/mol. The van der Waals surface area contributed by atoms with Crippen LogP contribution in [0.2, 0.25) is 0 Å². The number of fused-ring (bicyclic) bond motifs is 1. The third-order valence-electron chi connectivity index (χ3n) is 4.57. The van der Waals surface area contributed by atoms with Crippen molar-refractivity contribution in [2.75, 3.05) is 33.9 Å². The Labute approximate surface area is 183 Å². The quantitative estimate of drug-likeness (QED) is 0.704. The van der Waals surface area contributed by atoms with E-state index in [1.165, 1.54) is 5.69 Å². The van der Waals surface area contributed by atoms with Crippen LogP contribution in [-0.2, 0) is 34.0 Å². The molecule has 9 nitrogen and oxygen atoms in total. The lowest BCUT2D eigenvalue weighted by atomic mass is 10.1. The number of ether oxygens (including phenoxy) is 1. The third kappa shape index (κ3) is 8.27. The van der Waals surface area contributed by atoms with Crippen molar-refractivity contribution in [3.05, 3.63) is 48.0 Å². The van der Waals surface area contributed by atoms with Crippen LogP contribution in [-0.4, -0.2) is 81.6 Å². The fourth-order valence-electron chi connectivity index (χ4n) is 3.01. The van der Waals surface area contributed by atoms with Crippen LogP contribution < -0.4 is 0 Å². The number of carbonyl (C=O) groups is 2. The van der Waals surface area contributed by atoms with E-state index >= 15 is 0 Å². The summed E-state index contributed by atoms with van der Waals surface area (Å²) < 4.78 is 39.4. The van der Waals surface area contributed by atoms with E-state index < -0.39 is 12.1 Å². The van der Waals surface area contributed by atoms with Crippen LogP contribution >= 0.6 is 0 Å². The Morgan fingerprint density at radius 1 is 1.22 bits per heavy atom. The monoisotopic (exact) mass is 457 g/mol. The SMILES string of the molecule is CN(C)C(=O)COCC1CN(Cc2ccccn2)Cc2ccnn2C1.O=C(O)C(F)(F)F. The Morgan fingerprint density at radius 2 is 1.94 bits per heavy atom. The molecule has 32 heavy (non-hydrogen) atoms. The highest BCUT2D eigenvalue weighted by Gasteiger charge is 2.38. The van der Waals surface area contributed by atoms with Crippen molar-refractivity contribution >= 4 is 11.9 Å². The molecule has 2 aromatic rings. The molecule has 2 aromatic heterocycles. The molecule has 1 amide bonds. The fourth-order valence-corrected chi connectivity index (χ4v) is 3.01. The van der Waals surface area contributed by atoms with Gasteiger partial charge >= 0.3 is 12.1 Å². The number of aliphatic carboxylic acids is 1. The van der Waals surface area contributed by atoms with Crippen LogP contribution in [0, 0.1) is 5.92 Å². The second kappa shape index (κ2) is 11.6. The van der Waals surface area contributed by atoms with E-state index in [-0.39, 0.29) is 18.4 Å². The first-order valence-electron chi connectivity index (χ1n) is 9.77. The van der Waals surface area contributed by atoms with Gasteiger partial charge in [-0.05, 0) is 18.2 Å². The number of halogens is 3. The van der Waals surface area contributed by atoms with Crippen molar-refractivity contribution in [2.45, 2.75) is 25.8 Å². The van der Waals surface area contributed by atoms with E-state index in [0.29, 0.717) is 6.61 Å². The van der Waals surface area contributed by atoms with E-state index in [1.807, 2.05) is 35.3 Å². The minimum absolute atomic E-state index is 0.0151. The Morgan fingerprint density at radius 3 is 2.53 bits per heavy atom. The van der Waals surface area contributed by atoms with Gasteiger partial charge < -0.3 is 14.7 Å². The van der Waals surface area contributed by atoms with Gasteiger partial charge in [-0.15, -0.1) is 0 Å². The Balaban J connectivity index is 0.000000451. The van der Waals surface area contributed by atoms with Crippen LogP contribution in [0.5, 0.6) is 0 Å². The molecule has 176 valence electrons. The minimum atomic E-state index is -5.08. The first-order valence-corrected chi connectivity index (χ1v) is 9.77. The zero-order valence-electron chi connectivity index (χ0n) is 17.8. The van der Waals surface area contributed by atoms with Gasteiger partial charge in [-0.3, -0.25) is 19.4 Å². The number of aromatic nitrogens is 3. The van der Waals surface area contributed by atoms with Crippen molar-refractivity contribution in [3.8, 4) is 0 Å². The summed E-state index contributed by atoms with van der Waals surface area (Å²) in [5.41, 5.74) is 2.25. The summed E-state index contributed by atoms with van der Waals surface area (Å²) in [6.45, 7) is 3.98. The van der Waals surface area contributed by atoms with Crippen molar-refractivity contribution in [3.63, 3.8) is 0 Å². The van der Waals surface area contributed by atoms with E-state index in [4.69, 9.17) is 14.6 Å². The number of amides is 1. The normalized spacial score (nSPS) is 16.3. The molecule has 0 spiro atoms. The van der Waals surface area contributed by atoms with Crippen LogP contribution in [0.3, 0.4) is 0 Å². The van der Waals surface area contributed by atoms with E-state index in [9.17, 15) is 18.0 Å². The van der Waals surface area contributed by atoms with Gasteiger partial charge in [-0.1, -0.05) is 6.07 Å². The fraction of sp³-hybridized carbons (Fsp3) is 0.500. The number of carboxylic acids is 1. The molecular weight excluding hydrogens is 431 g/mol. The van der Waals surface area contributed by atoms with Gasteiger partial charge in [-0.2, -0.15) is 18.3 Å². The molecule has 1 atom stereocenters. The summed E-state index contributed by atoms with van der Waals surface area (Å²) in [7, 11) is 3.48. The number of carbonyl (C=O) groups excluding carboxylic acids is 1. The number of pyridine rings is 1. The van der Waals surface area contributed by atoms with Crippen molar-refractivity contribution in [1.29, 1.82) is 0 Å². The maximum atomic E-state index is 11.7. The molecule has 0 radical (unpaired) electrons. The second-order valence-corrected chi connectivity index (χ2v) is 7.47. The summed E-state index contributed by atoms with van der Waals surface area (Å²) in [5, 5.41) is 11.5. The molecule has 1 unspecified atom stereocenters. The molecule has 0 fully saturated rings. The summed E-state index contributed by atoms with van der Waals surface area (Å²) in [6, 6.07) is 8.05. The van der Waals surface area contributed by atoms with Gasteiger partial charge in [-0.25, -0.2) is 4.79 Å². The van der Waals surface area contributed by atoms with Crippen molar-refractivity contribution < 1.29 is 32.6 Å². The molecule has 0 aliphatic carbocycles. The van der Waals surface area contributed by atoms with Crippen molar-refractivity contribution in [1.82, 2.24) is 24.6 Å². The Kier molecular flexibility index (Phi) is 9.14. The topological polar surface area (TPSA) is 101 Å². The lowest BCUT2D eigenvalue weighted by molar-refractivity contribution is -0.192. The number of nitrogens with zero attached hydrogens (tertiary/aromatic N) is 5. The maximum absolute atomic E-state index is 11.7. The summed E-state index contributed by atoms with van der Waals surface area (Å²) in [5.74, 6) is -2.49. The number of likely N-dealkylation sites (N-methyl/N-ethyl adjacent to an activating group) is 1. The van der Waals surface area contributed by atoms with Crippen LogP contribution in [0.25, 0.3) is 0 Å². The third-order valence-corrected chi connectivity index (χ3v) is 4.57. The summed E-state index contributed by atoms with van der Waals surface area (Å²) in [4.78, 5) is 28.9. The van der Waals surface area contributed by atoms with Gasteiger partial charge in [0.15, 0.2) is 0 Å². The molecule has 0 saturated carbocycles. The van der Waals surface area contributed by atoms with Gasteiger partial charge in [0.25, 0.3) is 0 Å². The highest BCUT2D eigenvalue weighted by molar-refractivity contribution is 5.76. The van der Waals surface area contributed by atoms with Gasteiger partial charge in [0.1, 0.15) is 6.61 Å². The number of hydrogen-bond donors (Lipinski definition) is 1. The molecule has 0 bridgehead atoms. The van der Waals surface area contributed by atoms with Gasteiger partial charge in [0, 0.05) is 58.6 Å². The minimum Gasteiger partial charge on any atom is -0.475 e. The average Bonchev–Trinajstić information content (AvgIpc) is 3.07. The Hall–Kier alpha value is -2.99. The van der Waals surface area contributed by atoms with Gasteiger partial charge in [0.2, 0.25) is 5.91 Å². The van der Waals surface area contributed by atoms with Crippen LogP contribution in [0.1, 0.15) is 11.4 Å². The molecule has 12 heteroatoms. The van der Waals surface area contributed by atoms with Crippen LogP contribution in [0.15, 0.2) is 36.7 Å². The maximum Gasteiger partial charge on any atom is 0.490 e. The first kappa shape index (κ1) is 25.3. The van der Waals surface area contributed by atoms with Crippen molar-refractivity contribution in [2.24, 2.45) is 5.92 Å². The standard InChI is InChI=1S/C18H25N5O2.C2HF3O2/c1-21(2)18(24)14-25-13-15-9-22(11-16-5-3-4-7-19-16)12-17-6-8-20-23(17)10-15;3-2(4,5)1(6)7/h3-8,15H,9-14H2,1-2H3;(H,6,7). The molecular formula is C20H26F3N5O4. The van der Waals surface area contributed by atoms with E-state index in [1.54, 1.807) is 19.0 Å². The second-order valence-electron chi connectivity index (χ2n) is 7.47. The highest BCUT2D eigenvalue weighted by Crippen LogP contribution is 2.18. The summed E-state index contributed by atoms with van der Waals surface area (Å²) in [6.07, 6.45) is -1.42. The molecule has 0 aromatic carbocycles. The lowest BCUT2D eigenvalue weighted by Crippen LogP contribution is -2.32. The molecule has 0 saturated heterocycles. The Bertz CT molecular complexity index is 874. The lowest BCUT2D eigenvalue weighted by Gasteiger charge is -2.23. The van der Waals surface area contributed by atoms with Crippen LogP contribution in [0.4, 0.5) is 13.2 Å². The number of hydrogen-bond acceptors (Lipinski definition) is 6. The molecule has 1 N–H and O–H groups in total. The smallest absolute Gasteiger partial charge is 0.475 e. The predicted octanol–water partition coefficient (Wildman–Crippen LogP) is 1.65. The zero-order valence-corrected chi connectivity index (χ0v) is 17.8. The zero-order chi connectivity index (χ0) is 23.7. The first-order chi connectivity index (χ1) is 15.1. The van der Waals surface area contributed by atoms with Gasteiger partial charge in [0.05, 0.1) is 18.0 Å². The molecule has 3 heterocycles. The largest absolute Gasteiger partial charge is 0.490 e. The molecule has 3 rings (SSSR count). The molecule has 1 aliphatic heterocycles. The number of alkyl halides is 3. The van der Waals surface area contributed by atoms with E-state index in [0.717, 1.165) is 31.9 Å². The highest BCUT2D eigenvalue weighted by atomic mass is 19.4. The van der Waals surface area contributed by atoms with E-state index in [2.05, 4.69) is 21.0 Å². The number of rotatable bonds is 6. The molecule has 1 aliphatic rings. The summed E-state index contributed by atoms with van der Waals surface area (Å²) >= 11 is 0. The predicted molar refractivity (Wildman–Crippen MR) is 107 cm³/mol. The number of carboxylic acid groups (broad SMARTS) is 1.